The fourth-order valence-corrected chi connectivity index (χ4v) is 3.47. The van der Waals surface area contributed by atoms with E-state index in [1.54, 1.807) is 19.2 Å². The lowest BCUT2D eigenvalue weighted by molar-refractivity contribution is 0.280. The summed E-state index contributed by atoms with van der Waals surface area (Å²) < 4.78 is 11.6. The lowest BCUT2D eigenvalue weighted by Gasteiger charge is -2.19. The van der Waals surface area contributed by atoms with Gasteiger partial charge in [-0.1, -0.05) is 71.7 Å². The molecule has 5 heteroatoms. The first-order chi connectivity index (χ1) is 13.6. The van der Waals surface area contributed by atoms with Gasteiger partial charge < -0.3 is 14.8 Å². The molecule has 3 aromatic rings. The van der Waals surface area contributed by atoms with Crippen molar-refractivity contribution in [1.29, 1.82) is 0 Å². The van der Waals surface area contributed by atoms with Gasteiger partial charge in [-0.25, -0.2) is 0 Å². The number of hydrogen-bond acceptors (Lipinski definition) is 3. The van der Waals surface area contributed by atoms with Gasteiger partial charge in [-0.15, -0.1) is 0 Å². The topological polar surface area (TPSA) is 30.5 Å². The molecular weight excluding hydrogens is 393 g/mol. The van der Waals surface area contributed by atoms with E-state index in [0.29, 0.717) is 28.1 Å². The van der Waals surface area contributed by atoms with E-state index in [1.165, 1.54) is 5.56 Å². The standard InChI is InChI=1S/C23H23Cl2NO2/c1-16(17-8-4-3-5-9-17)26-14-18-10-6-13-22(27-2)23(18)28-15-19-20(24)11-7-12-21(19)25/h3-13,16,26H,14-15H2,1-2H3/t16-/m0/s1. The molecule has 0 amide bonds. The number of rotatable bonds is 8. The van der Waals surface area contributed by atoms with Crippen LogP contribution in [0.5, 0.6) is 11.5 Å². The molecular formula is C23H23Cl2NO2. The first kappa shape index (κ1) is 20.5. The predicted molar refractivity (Wildman–Crippen MR) is 115 cm³/mol. The minimum Gasteiger partial charge on any atom is -0.493 e. The molecule has 3 nitrogen and oxygen atoms in total. The van der Waals surface area contributed by atoms with E-state index >= 15 is 0 Å². The minimum atomic E-state index is 0.207. The van der Waals surface area contributed by atoms with Crippen LogP contribution in [0.15, 0.2) is 66.7 Å². The van der Waals surface area contributed by atoms with Crippen molar-refractivity contribution in [1.82, 2.24) is 5.32 Å². The molecule has 1 N–H and O–H groups in total. The van der Waals surface area contributed by atoms with Crippen LogP contribution in [0.4, 0.5) is 0 Å². The Hall–Kier alpha value is -2.20. The van der Waals surface area contributed by atoms with Gasteiger partial charge in [0.05, 0.1) is 7.11 Å². The summed E-state index contributed by atoms with van der Waals surface area (Å²) in [5, 5.41) is 4.71. The molecule has 0 saturated heterocycles. The summed E-state index contributed by atoms with van der Waals surface area (Å²) in [7, 11) is 1.63. The molecule has 146 valence electrons. The van der Waals surface area contributed by atoms with Crippen molar-refractivity contribution in [3.05, 3.63) is 93.5 Å². The molecule has 0 saturated carbocycles. The minimum absolute atomic E-state index is 0.207. The summed E-state index contributed by atoms with van der Waals surface area (Å²) in [5.41, 5.74) is 2.99. The molecule has 0 aliphatic rings. The van der Waals surface area contributed by atoms with E-state index < -0.39 is 0 Å². The SMILES string of the molecule is COc1cccc(CN[C@@H](C)c2ccccc2)c1OCc1c(Cl)cccc1Cl. The molecule has 0 radical (unpaired) electrons. The average Bonchev–Trinajstić information content (AvgIpc) is 2.72. The van der Waals surface area contributed by atoms with Gasteiger partial charge in [0.25, 0.3) is 0 Å². The molecule has 1 atom stereocenters. The number of halogens is 2. The first-order valence-corrected chi connectivity index (χ1v) is 9.85. The molecule has 3 aromatic carbocycles. The molecule has 3 rings (SSSR count). The van der Waals surface area contributed by atoms with Crippen LogP contribution >= 0.6 is 23.2 Å². The molecule has 0 spiro atoms. The Bertz CT molecular complexity index is 895. The van der Waals surface area contributed by atoms with Crippen LogP contribution in [0.1, 0.15) is 29.7 Å². The average molecular weight is 416 g/mol. The lowest BCUT2D eigenvalue weighted by Crippen LogP contribution is -2.18. The Labute approximate surface area is 176 Å². The highest BCUT2D eigenvalue weighted by atomic mass is 35.5. The van der Waals surface area contributed by atoms with Crippen LogP contribution in [-0.4, -0.2) is 7.11 Å². The zero-order valence-electron chi connectivity index (χ0n) is 15.9. The molecule has 0 bridgehead atoms. The molecule has 0 aliphatic heterocycles. The summed E-state index contributed by atoms with van der Waals surface area (Å²) >= 11 is 12.5. The summed E-state index contributed by atoms with van der Waals surface area (Å²) in [6, 6.07) is 21.8. The highest BCUT2D eigenvalue weighted by Crippen LogP contribution is 2.34. The normalized spacial score (nSPS) is 11.9. The smallest absolute Gasteiger partial charge is 0.166 e. The van der Waals surface area contributed by atoms with Crippen molar-refractivity contribution in [3.63, 3.8) is 0 Å². The zero-order chi connectivity index (χ0) is 19.9. The van der Waals surface area contributed by atoms with Crippen molar-refractivity contribution in [2.45, 2.75) is 26.1 Å². The second-order valence-corrected chi connectivity index (χ2v) is 7.27. The Kier molecular flexibility index (Phi) is 7.21. The van der Waals surface area contributed by atoms with Gasteiger partial charge in [0.2, 0.25) is 0 Å². The quantitative estimate of drug-likeness (QED) is 0.459. The fraction of sp³-hybridized carbons (Fsp3) is 0.217. The van der Waals surface area contributed by atoms with Crippen LogP contribution in [0.3, 0.4) is 0 Å². The van der Waals surface area contributed by atoms with Crippen LogP contribution in [0.2, 0.25) is 10.0 Å². The Morgan fingerprint density at radius 1 is 0.893 bits per heavy atom. The van der Waals surface area contributed by atoms with Crippen molar-refractivity contribution in [3.8, 4) is 11.5 Å². The molecule has 0 unspecified atom stereocenters. The summed E-state index contributed by atoms with van der Waals surface area (Å²) in [6.45, 7) is 3.04. The fourth-order valence-electron chi connectivity index (χ4n) is 2.96. The summed E-state index contributed by atoms with van der Waals surface area (Å²) in [4.78, 5) is 0. The van der Waals surface area contributed by atoms with Gasteiger partial charge in [0.15, 0.2) is 11.5 Å². The van der Waals surface area contributed by atoms with Gasteiger partial charge in [-0.05, 0) is 30.7 Å². The largest absolute Gasteiger partial charge is 0.493 e. The molecule has 0 heterocycles. The van der Waals surface area contributed by atoms with E-state index in [4.69, 9.17) is 32.7 Å². The summed E-state index contributed by atoms with van der Waals surface area (Å²) in [5.74, 6) is 1.36. The van der Waals surface area contributed by atoms with E-state index in [2.05, 4.69) is 24.4 Å². The van der Waals surface area contributed by atoms with E-state index in [0.717, 1.165) is 11.1 Å². The third-order valence-electron chi connectivity index (χ3n) is 4.60. The number of ether oxygens (including phenoxy) is 2. The lowest BCUT2D eigenvalue weighted by atomic mass is 10.1. The van der Waals surface area contributed by atoms with Crippen molar-refractivity contribution < 1.29 is 9.47 Å². The third kappa shape index (κ3) is 4.99. The van der Waals surface area contributed by atoms with Gasteiger partial charge in [0.1, 0.15) is 6.61 Å². The van der Waals surface area contributed by atoms with Crippen molar-refractivity contribution >= 4 is 23.2 Å². The van der Waals surface area contributed by atoms with Crippen LogP contribution < -0.4 is 14.8 Å². The first-order valence-electron chi connectivity index (χ1n) is 9.10. The molecule has 0 aromatic heterocycles. The highest BCUT2D eigenvalue weighted by Gasteiger charge is 2.14. The maximum absolute atomic E-state index is 6.27. The number of hydrogen-bond donors (Lipinski definition) is 1. The van der Waals surface area contributed by atoms with Crippen LogP contribution in [0.25, 0.3) is 0 Å². The van der Waals surface area contributed by atoms with E-state index in [9.17, 15) is 0 Å². The van der Waals surface area contributed by atoms with Crippen molar-refractivity contribution in [2.75, 3.05) is 7.11 Å². The molecule has 0 fully saturated rings. The maximum Gasteiger partial charge on any atom is 0.166 e. The van der Waals surface area contributed by atoms with Crippen molar-refractivity contribution in [2.24, 2.45) is 0 Å². The van der Waals surface area contributed by atoms with Crippen LogP contribution in [-0.2, 0) is 13.2 Å². The third-order valence-corrected chi connectivity index (χ3v) is 5.31. The van der Waals surface area contributed by atoms with Gasteiger partial charge in [0, 0.05) is 33.8 Å². The number of benzene rings is 3. The van der Waals surface area contributed by atoms with E-state index in [-0.39, 0.29) is 12.6 Å². The Balaban J connectivity index is 1.77. The number of methoxy groups -OCH3 is 1. The van der Waals surface area contributed by atoms with Gasteiger partial charge in [-0.2, -0.15) is 0 Å². The van der Waals surface area contributed by atoms with Gasteiger partial charge in [-0.3, -0.25) is 0 Å². The maximum atomic E-state index is 6.27. The zero-order valence-corrected chi connectivity index (χ0v) is 17.4. The number of para-hydroxylation sites is 1. The summed E-state index contributed by atoms with van der Waals surface area (Å²) in [6.07, 6.45) is 0. The van der Waals surface area contributed by atoms with Gasteiger partial charge >= 0.3 is 0 Å². The Morgan fingerprint density at radius 3 is 2.25 bits per heavy atom. The number of nitrogens with one attached hydrogen (secondary N) is 1. The second kappa shape index (κ2) is 9.83. The Morgan fingerprint density at radius 2 is 1.57 bits per heavy atom. The molecule has 28 heavy (non-hydrogen) atoms. The van der Waals surface area contributed by atoms with E-state index in [1.807, 2.05) is 42.5 Å². The molecule has 0 aliphatic carbocycles. The highest BCUT2D eigenvalue weighted by molar-refractivity contribution is 6.35. The second-order valence-electron chi connectivity index (χ2n) is 6.45. The predicted octanol–water partition coefficient (Wildman–Crippen LogP) is 6.43. The monoisotopic (exact) mass is 415 g/mol. The van der Waals surface area contributed by atoms with Crippen LogP contribution in [0, 0.1) is 0 Å².